The zero-order valence-corrected chi connectivity index (χ0v) is 13.2. The molecule has 21 heavy (non-hydrogen) atoms. The van der Waals surface area contributed by atoms with Crippen LogP contribution in [0.15, 0.2) is 53.0 Å². The molecule has 0 radical (unpaired) electrons. The highest BCUT2D eigenvalue weighted by atomic mass is 79.9. The van der Waals surface area contributed by atoms with Crippen LogP contribution >= 0.6 is 27.5 Å². The van der Waals surface area contributed by atoms with Gasteiger partial charge >= 0.3 is 0 Å². The Morgan fingerprint density at radius 2 is 1.95 bits per heavy atom. The molecule has 0 saturated heterocycles. The lowest BCUT2D eigenvalue weighted by atomic mass is 10.2. The van der Waals surface area contributed by atoms with Crippen LogP contribution in [-0.2, 0) is 5.88 Å². The second-order valence-electron chi connectivity index (χ2n) is 4.44. The topological polar surface area (TPSA) is 22.1 Å². The SMILES string of the molecule is Fc1ccc(Oc2cc(CCl)nc3ccccc23)cc1Br. The van der Waals surface area contributed by atoms with Crippen molar-refractivity contribution in [3.05, 3.63) is 64.5 Å². The molecule has 0 bridgehead atoms. The van der Waals surface area contributed by atoms with Gasteiger partial charge in [-0.25, -0.2) is 4.39 Å². The van der Waals surface area contributed by atoms with Crippen molar-refractivity contribution in [2.24, 2.45) is 0 Å². The predicted molar refractivity (Wildman–Crippen MR) is 85.5 cm³/mol. The van der Waals surface area contributed by atoms with E-state index in [2.05, 4.69) is 20.9 Å². The monoisotopic (exact) mass is 365 g/mol. The lowest BCUT2D eigenvalue weighted by Gasteiger charge is -2.10. The number of hydrogen-bond acceptors (Lipinski definition) is 2. The summed E-state index contributed by atoms with van der Waals surface area (Å²) in [5, 5.41) is 0.881. The molecule has 1 heterocycles. The van der Waals surface area contributed by atoms with E-state index in [4.69, 9.17) is 16.3 Å². The molecule has 0 aliphatic rings. The highest BCUT2D eigenvalue weighted by Gasteiger charge is 2.09. The third-order valence-corrected chi connectivity index (χ3v) is 3.87. The summed E-state index contributed by atoms with van der Waals surface area (Å²) in [5.74, 6) is 1.16. The van der Waals surface area contributed by atoms with E-state index in [1.807, 2.05) is 24.3 Å². The highest BCUT2D eigenvalue weighted by Crippen LogP contribution is 2.32. The number of alkyl halides is 1. The molecule has 0 N–H and O–H groups in total. The minimum atomic E-state index is -0.330. The molecule has 0 unspecified atom stereocenters. The number of halogens is 3. The summed E-state index contributed by atoms with van der Waals surface area (Å²) in [6.45, 7) is 0. The summed E-state index contributed by atoms with van der Waals surface area (Å²) in [6, 6.07) is 14.0. The van der Waals surface area contributed by atoms with Crippen LogP contribution in [-0.4, -0.2) is 4.98 Å². The Balaban J connectivity index is 2.08. The van der Waals surface area contributed by atoms with E-state index in [0.717, 1.165) is 16.6 Å². The first-order valence-corrected chi connectivity index (χ1v) is 7.57. The first kappa shape index (κ1) is 14.3. The van der Waals surface area contributed by atoms with Crippen molar-refractivity contribution in [1.82, 2.24) is 4.98 Å². The van der Waals surface area contributed by atoms with Gasteiger partial charge < -0.3 is 4.74 Å². The lowest BCUT2D eigenvalue weighted by molar-refractivity contribution is 0.484. The molecule has 2 nitrogen and oxygen atoms in total. The Morgan fingerprint density at radius 3 is 2.71 bits per heavy atom. The van der Waals surface area contributed by atoms with Gasteiger partial charge in [0.05, 0.1) is 21.6 Å². The van der Waals surface area contributed by atoms with Crippen LogP contribution in [0.25, 0.3) is 10.9 Å². The van der Waals surface area contributed by atoms with E-state index in [1.165, 1.54) is 6.07 Å². The number of fused-ring (bicyclic) bond motifs is 1. The molecule has 0 fully saturated rings. The van der Waals surface area contributed by atoms with Gasteiger partial charge in [-0.1, -0.05) is 12.1 Å². The molecule has 2 aromatic carbocycles. The number of nitrogens with zero attached hydrogens (tertiary/aromatic N) is 1. The normalized spacial score (nSPS) is 10.8. The molecule has 1 aromatic heterocycles. The van der Waals surface area contributed by atoms with Gasteiger partial charge in [0.1, 0.15) is 17.3 Å². The molecule has 0 spiro atoms. The summed E-state index contributed by atoms with van der Waals surface area (Å²) in [4.78, 5) is 4.45. The van der Waals surface area contributed by atoms with Crippen LogP contribution in [0, 0.1) is 5.82 Å². The van der Waals surface area contributed by atoms with Crippen LogP contribution in [0.3, 0.4) is 0 Å². The van der Waals surface area contributed by atoms with Gasteiger partial charge in [-0.05, 0) is 46.3 Å². The van der Waals surface area contributed by atoms with E-state index in [1.54, 1.807) is 18.2 Å². The van der Waals surface area contributed by atoms with E-state index in [9.17, 15) is 4.39 Å². The van der Waals surface area contributed by atoms with E-state index in [0.29, 0.717) is 21.9 Å². The Morgan fingerprint density at radius 1 is 1.14 bits per heavy atom. The van der Waals surface area contributed by atoms with Gasteiger partial charge in [0.25, 0.3) is 0 Å². The Hall–Kier alpha value is -1.65. The predicted octanol–water partition coefficient (Wildman–Crippen LogP) is 5.67. The minimum absolute atomic E-state index is 0.300. The fraction of sp³-hybridized carbons (Fsp3) is 0.0625. The first-order chi connectivity index (χ1) is 10.2. The zero-order chi connectivity index (χ0) is 14.8. The zero-order valence-electron chi connectivity index (χ0n) is 10.8. The third kappa shape index (κ3) is 3.01. The minimum Gasteiger partial charge on any atom is -0.457 e. The second-order valence-corrected chi connectivity index (χ2v) is 5.56. The Bertz CT molecular complexity index is 809. The number of pyridine rings is 1. The maximum atomic E-state index is 13.3. The molecule has 0 atom stereocenters. The maximum Gasteiger partial charge on any atom is 0.138 e. The van der Waals surface area contributed by atoms with Crippen molar-refractivity contribution < 1.29 is 9.13 Å². The average Bonchev–Trinajstić information content (AvgIpc) is 2.51. The van der Waals surface area contributed by atoms with Gasteiger partial charge in [0.15, 0.2) is 0 Å². The van der Waals surface area contributed by atoms with Crippen LogP contribution < -0.4 is 4.74 Å². The smallest absolute Gasteiger partial charge is 0.138 e. The van der Waals surface area contributed by atoms with Crippen molar-refractivity contribution in [2.45, 2.75) is 5.88 Å². The Kier molecular flexibility index (Phi) is 4.08. The molecule has 0 aliphatic carbocycles. The van der Waals surface area contributed by atoms with Crippen molar-refractivity contribution in [2.75, 3.05) is 0 Å². The fourth-order valence-corrected chi connectivity index (χ4v) is 2.51. The van der Waals surface area contributed by atoms with Crippen molar-refractivity contribution in [1.29, 1.82) is 0 Å². The summed E-state index contributed by atoms with van der Waals surface area (Å²) < 4.78 is 19.5. The van der Waals surface area contributed by atoms with Crippen molar-refractivity contribution >= 4 is 38.4 Å². The lowest BCUT2D eigenvalue weighted by Crippen LogP contribution is -1.92. The molecule has 0 saturated carbocycles. The second kappa shape index (κ2) is 6.00. The van der Waals surface area contributed by atoms with E-state index < -0.39 is 0 Å². The van der Waals surface area contributed by atoms with Gasteiger partial charge in [0, 0.05) is 11.5 Å². The quantitative estimate of drug-likeness (QED) is 0.557. The van der Waals surface area contributed by atoms with Crippen molar-refractivity contribution in [3.63, 3.8) is 0 Å². The highest BCUT2D eigenvalue weighted by molar-refractivity contribution is 9.10. The molecule has 106 valence electrons. The van der Waals surface area contributed by atoms with Gasteiger partial charge in [0.2, 0.25) is 0 Å². The van der Waals surface area contributed by atoms with Gasteiger partial charge in [-0.15, -0.1) is 11.6 Å². The summed E-state index contributed by atoms with van der Waals surface area (Å²) in [6.07, 6.45) is 0. The molecular formula is C16H10BrClFNO. The number of ether oxygens (including phenoxy) is 1. The van der Waals surface area contributed by atoms with Crippen LogP contribution in [0.1, 0.15) is 5.69 Å². The maximum absolute atomic E-state index is 13.3. The van der Waals surface area contributed by atoms with Crippen LogP contribution in [0.4, 0.5) is 4.39 Å². The summed E-state index contributed by atoms with van der Waals surface area (Å²) in [7, 11) is 0. The Labute approximate surface area is 134 Å². The number of hydrogen-bond donors (Lipinski definition) is 0. The molecule has 0 aliphatic heterocycles. The van der Waals surface area contributed by atoms with Gasteiger partial charge in [-0.3, -0.25) is 4.98 Å². The fourth-order valence-electron chi connectivity index (χ4n) is 2.02. The summed E-state index contributed by atoms with van der Waals surface area (Å²) in [5.41, 5.74) is 1.54. The number of benzene rings is 2. The number of para-hydroxylation sites is 1. The largest absolute Gasteiger partial charge is 0.457 e. The molecule has 3 rings (SSSR count). The molecule has 3 aromatic rings. The first-order valence-electron chi connectivity index (χ1n) is 6.25. The standard InChI is InChI=1S/C16H10BrClFNO/c17-13-8-11(5-6-14(13)19)21-16-7-10(9-18)20-15-4-2-1-3-12(15)16/h1-8H,9H2. The number of rotatable bonds is 3. The molecular weight excluding hydrogens is 357 g/mol. The van der Waals surface area contributed by atoms with Crippen LogP contribution in [0.2, 0.25) is 0 Å². The summed E-state index contributed by atoms with van der Waals surface area (Å²) >= 11 is 9.02. The van der Waals surface area contributed by atoms with Crippen LogP contribution in [0.5, 0.6) is 11.5 Å². The molecule has 5 heteroatoms. The van der Waals surface area contributed by atoms with Gasteiger partial charge in [-0.2, -0.15) is 0 Å². The molecule has 0 amide bonds. The van der Waals surface area contributed by atoms with E-state index in [-0.39, 0.29) is 5.82 Å². The van der Waals surface area contributed by atoms with E-state index >= 15 is 0 Å². The third-order valence-electron chi connectivity index (χ3n) is 2.99. The number of aromatic nitrogens is 1. The van der Waals surface area contributed by atoms with Crippen molar-refractivity contribution in [3.8, 4) is 11.5 Å². The average molecular weight is 367 g/mol.